The van der Waals surface area contributed by atoms with Gasteiger partial charge in [-0.05, 0) is 89.9 Å². The predicted octanol–water partition coefficient (Wildman–Crippen LogP) is 18.9. The molecule has 0 aliphatic heterocycles. The molecule has 5 heteroatoms. The standard InChI is InChI=1S/C59H106O5/c1-4-7-10-13-16-19-22-25-28-29-30-31-33-34-37-40-43-46-49-52-58(60)63-56-57(55-62-54-51-48-45-42-39-36-27-24-21-18-15-12-9-6-3)64-59(61)53-50-47-44-41-38-35-32-26-23-20-17-14-11-8-5-2/h16-17,19-20,25-26,28,30-32,57H,4-15,18,21-24,27,29,33-56H2,1-3H3/b19-16-,20-17-,28-25-,31-30-,32-26-. The molecular formula is C59H106O5. The van der Waals surface area contributed by atoms with Gasteiger partial charge in [-0.25, -0.2) is 0 Å². The van der Waals surface area contributed by atoms with Crippen LogP contribution < -0.4 is 0 Å². The maximum Gasteiger partial charge on any atom is 0.306 e. The van der Waals surface area contributed by atoms with Crippen LogP contribution in [-0.4, -0.2) is 37.9 Å². The Balaban J connectivity index is 4.29. The monoisotopic (exact) mass is 895 g/mol. The molecule has 0 aliphatic rings. The molecule has 0 aliphatic carbocycles. The molecular weight excluding hydrogens is 789 g/mol. The van der Waals surface area contributed by atoms with Crippen molar-refractivity contribution in [3.05, 3.63) is 60.8 Å². The van der Waals surface area contributed by atoms with Crippen LogP contribution in [0.15, 0.2) is 60.8 Å². The lowest BCUT2D eigenvalue weighted by atomic mass is 10.0. The molecule has 0 radical (unpaired) electrons. The summed E-state index contributed by atoms with van der Waals surface area (Å²) < 4.78 is 17.4. The van der Waals surface area contributed by atoms with Crippen molar-refractivity contribution in [2.75, 3.05) is 19.8 Å². The smallest absolute Gasteiger partial charge is 0.306 e. The molecule has 0 bridgehead atoms. The van der Waals surface area contributed by atoms with Crippen molar-refractivity contribution in [3.8, 4) is 0 Å². The number of carbonyl (C=O) groups is 2. The third kappa shape index (κ3) is 52.2. The molecule has 0 aromatic carbocycles. The second-order valence-corrected chi connectivity index (χ2v) is 18.5. The van der Waals surface area contributed by atoms with Crippen molar-refractivity contribution < 1.29 is 23.8 Å². The summed E-state index contributed by atoms with van der Waals surface area (Å²) in [4.78, 5) is 25.5. The average molecular weight is 895 g/mol. The Bertz CT molecular complexity index is 1100. The van der Waals surface area contributed by atoms with Gasteiger partial charge in [-0.15, -0.1) is 0 Å². The molecule has 0 heterocycles. The first-order valence-electron chi connectivity index (χ1n) is 27.8. The van der Waals surface area contributed by atoms with Gasteiger partial charge in [-0.2, -0.15) is 0 Å². The minimum absolute atomic E-state index is 0.0744. The van der Waals surface area contributed by atoms with Crippen LogP contribution in [-0.2, 0) is 23.8 Å². The van der Waals surface area contributed by atoms with E-state index in [1.54, 1.807) is 0 Å². The fourth-order valence-corrected chi connectivity index (χ4v) is 7.84. The lowest BCUT2D eigenvalue weighted by Crippen LogP contribution is -2.30. The summed E-state index contributed by atoms with van der Waals surface area (Å²) in [6.45, 7) is 7.78. The highest BCUT2D eigenvalue weighted by Crippen LogP contribution is 2.15. The van der Waals surface area contributed by atoms with Gasteiger partial charge in [0.1, 0.15) is 6.61 Å². The molecule has 0 saturated heterocycles. The van der Waals surface area contributed by atoms with Crippen LogP contribution in [0.1, 0.15) is 278 Å². The Morgan fingerprint density at radius 3 is 1.08 bits per heavy atom. The number of hydrogen-bond acceptors (Lipinski definition) is 5. The number of hydrogen-bond donors (Lipinski definition) is 0. The highest BCUT2D eigenvalue weighted by atomic mass is 16.6. The number of rotatable bonds is 51. The SMILES string of the molecule is CCCCC/C=C\C/C=C\C/C=C\CCCCCCCCC(=O)OCC(COCCCCCCCCCCCCCCCC)OC(=O)CCCCCCC/C=C\C/C=C\CCCCC. The fraction of sp³-hybridized carbons (Fsp3) is 0.797. The largest absolute Gasteiger partial charge is 0.462 e. The van der Waals surface area contributed by atoms with Gasteiger partial charge in [-0.1, -0.05) is 236 Å². The van der Waals surface area contributed by atoms with E-state index in [1.807, 2.05) is 0 Å². The number of esters is 2. The first kappa shape index (κ1) is 61.6. The van der Waals surface area contributed by atoms with Gasteiger partial charge in [0.15, 0.2) is 6.10 Å². The maximum atomic E-state index is 12.8. The van der Waals surface area contributed by atoms with E-state index in [0.717, 1.165) is 83.5 Å². The van der Waals surface area contributed by atoms with Crippen LogP contribution in [0.3, 0.4) is 0 Å². The Labute approximate surface area is 398 Å². The summed E-state index contributed by atoms with van der Waals surface area (Å²) in [6.07, 6.45) is 69.4. The van der Waals surface area contributed by atoms with Gasteiger partial charge < -0.3 is 14.2 Å². The Hall–Kier alpha value is -2.40. The number of carbonyl (C=O) groups excluding carboxylic acids is 2. The Morgan fingerprint density at radius 2 is 0.656 bits per heavy atom. The minimum Gasteiger partial charge on any atom is -0.462 e. The second kappa shape index (κ2) is 54.9. The first-order valence-corrected chi connectivity index (χ1v) is 27.8. The van der Waals surface area contributed by atoms with Gasteiger partial charge >= 0.3 is 11.9 Å². The quantitative estimate of drug-likeness (QED) is 0.0346. The molecule has 0 spiro atoms. The zero-order chi connectivity index (χ0) is 46.3. The van der Waals surface area contributed by atoms with Gasteiger partial charge in [0.2, 0.25) is 0 Å². The molecule has 0 amide bonds. The fourth-order valence-electron chi connectivity index (χ4n) is 7.84. The first-order chi connectivity index (χ1) is 31.6. The van der Waals surface area contributed by atoms with Crippen LogP contribution >= 0.6 is 0 Å². The molecule has 0 aromatic rings. The summed E-state index contributed by atoms with van der Waals surface area (Å²) in [5, 5.41) is 0. The molecule has 0 rings (SSSR count). The molecule has 1 unspecified atom stereocenters. The Morgan fingerprint density at radius 1 is 0.344 bits per heavy atom. The third-order valence-electron chi connectivity index (χ3n) is 12.0. The molecule has 0 saturated carbocycles. The van der Waals surface area contributed by atoms with Crippen molar-refractivity contribution in [3.63, 3.8) is 0 Å². The number of allylic oxidation sites excluding steroid dienone is 10. The number of unbranched alkanes of at least 4 members (excludes halogenated alkanes) is 30. The molecule has 1 atom stereocenters. The van der Waals surface area contributed by atoms with E-state index in [-0.39, 0.29) is 25.2 Å². The van der Waals surface area contributed by atoms with Gasteiger partial charge in [-0.3, -0.25) is 9.59 Å². The third-order valence-corrected chi connectivity index (χ3v) is 12.0. The van der Waals surface area contributed by atoms with Crippen molar-refractivity contribution in [2.45, 2.75) is 284 Å². The van der Waals surface area contributed by atoms with Crippen molar-refractivity contribution in [1.29, 1.82) is 0 Å². The Kier molecular flexibility index (Phi) is 52.9. The molecule has 372 valence electrons. The van der Waals surface area contributed by atoms with Crippen LogP contribution in [0, 0.1) is 0 Å². The van der Waals surface area contributed by atoms with Crippen LogP contribution in [0.25, 0.3) is 0 Å². The van der Waals surface area contributed by atoms with E-state index < -0.39 is 6.10 Å². The van der Waals surface area contributed by atoms with Gasteiger partial charge in [0.05, 0.1) is 6.61 Å². The van der Waals surface area contributed by atoms with Gasteiger partial charge in [0.25, 0.3) is 0 Å². The summed E-state index contributed by atoms with van der Waals surface area (Å²) in [7, 11) is 0. The van der Waals surface area contributed by atoms with Crippen LogP contribution in [0.2, 0.25) is 0 Å². The van der Waals surface area contributed by atoms with Crippen LogP contribution in [0.4, 0.5) is 0 Å². The average Bonchev–Trinajstić information content (AvgIpc) is 3.30. The zero-order valence-corrected chi connectivity index (χ0v) is 42.8. The zero-order valence-electron chi connectivity index (χ0n) is 42.8. The molecule has 0 aromatic heterocycles. The summed E-state index contributed by atoms with van der Waals surface area (Å²) in [5.74, 6) is -0.417. The molecule has 0 N–H and O–H groups in total. The van der Waals surface area contributed by atoms with Crippen LogP contribution in [0.5, 0.6) is 0 Å². The van der Waals surface area contributed by atoms with E-state index in [1.165, 1.54) is 161 Å². The summed E-state index contributed by atoms with van der Waals surface area (Å²) in [6, 6.07) is 0. The van der Waals surface area contributed by atoms with Crippen molar-refractivity contribution in [1.82, 2.24) is 0 Å². The second-order valence-electron chi connectivity index (χ2n) is 18.5. The topological polar surface area (TPSA) is 61.8 Å². The molecule has 5 nitrogen and oxygen atoms in total. The van der Waals surface area contributed by atoms with Crippen molar-refractivity contribution >= 4 is 11.9 Å². The lowest BCUT2D eigenvalue weighted by molar-refractivity contribution is -0.163. The highest BCUT2D eigenvalue weighted by molar-refractivity contribution is 5.70. The summed E-state index contributed by atoms with van der Waals surface area (Å²) in [5.41, 5.74) is 0. The van der Waals surface area contributed by atoms with E-state index in [4.69, 9.17) is 14.2 Å². The van der Waals surface area contributed by atoms with Crippen molar-refractivity contribution in [2.24, 2.45) is 0 Å². The number of ether oxygens (including phenoxy) is 3. The molecule has 0 fully saturated rings. The van der Waals surface area contributed by atoms with E-state index >= 15 is 0 Å². The lowest BCUT2D eigenvalue weighted by Gasteiger charge is -2.18. The maximum absolute atomic E-state index is 12.8. The minimum atomic E-state index is -0.548. The van der Waals surface area contributed by atoms with E-state index in [0.29, 0.717) is 19.4 Å². The predicted molar refractivity (Wildman–Crippen MR) is 279 cm³/mol. The normalized spacial score (nSPS) is 12.6. The summed E-state index contributed by atoms with van der Waals surface area (Å²) >= 11 is 0. The molecule has 64 heavy (non-hydrogen) atoms. The van der Waals surface area contributed by atoms with Gasteiger partial charge in [0, 0.05) is 19.4 Å². The van der Waals surface area contributed by atoms with E-state index in [2.05, 4.69) is 81.5 Å². The highest BCUT2D eigenvalue weighted by Gasteiger charge is 2.17. The van der Waals surface area contributed by atoms with E-state index in [9.17, 15) is 9.59 Å².